The SMILES string of the molecule is O=C(c1ccccc1Cl)N1CCCN(Cc2cccnc2Cl)CC1. The average Bonchev–Trinajstić information content (AvgIpc) is 2.82. The predicted molar refractivity (Wildman–Crippen MR) is 96.5 cm³/mol. The molecule has 24 heavy (non-hydrogen) atoms. The Morgan fingerprint density at radius 1 is 1.04 bits per heavy atom. The molecule has 0 bridgehead atoms. The molecule has 6 heteroatoms. The van der Waals surface area contributed by atoms with E-state index in [4.69, 9.17) is 23.2 Å². The molecule has 1 aromatic heterocycles. The van der Waals surface area contributed by atoms with Crippen LogP contribution in [-0.2, 0) is 6.54 Å². The Kier molecular flexibility index (Phi) is 5.72. The molecule has 0 radical (unpaired) electrons. The van der Waals surface area contributed by atoms with Gasteiger partial charge in [0, 0.05) is 44.5 Å². The van der Waals surface area contributed by atoms with Crippen molar-refractivity contribution >= 4 is 29.1 Å². The average molecular weight is 364 g/mol. The zero-order valence-corrected chi connectivity index (χ0v) is 14.8. The highest BCUT2D eigenvalue weighted by Crippen LogP contribution is 2.19. The quantitative estimate of drug-likeness (QED) is 0.779. The molecular formula is C18H19Cl2N3O. The monoisotopic (exact) mass is 363 g/mol. The zero-order valence-electron chi connectivity index (χ0n) is 13.3. The molecule has 1 amide bonds. The van der Waals surface area contributed by atoms with Crippen molar-refractivity contribution in [3.8, 4) is 0 Å². The molecule has 0 spiro atoms. The number of carbonyl (C=O) groups excluding carboxylic acids is 1. The fourth-order valence-corrected chi connectivity index (χ4v) is 3.31. The second kappa shape index (κ2) is 7.97. The first-order valence-electron chi connectivity index (χ1n) is 8.00. The number of hydrogen-bond acceptors (Lipinski definition) is 3. The van der Waals surface area contributed by atoms with E-state index in [1.165, 1.54) is 0 Å². The number of rotatable bonds is 3. The van der Waals surface area contributed by atoms with Gasteiger partial charge in [0.25, 0.3) is 5.91 Å². The summed E-state index contributed by atoms with van der Waals surface area (Å²) in [5, 5.41) is 1.05. The van der Waals surface area contributed by atoms with E-state index in [2.05, 4.69) is 9.88 Å². The number of benzene rings is 1. The number of halogens is 2. The maximum Gasteiger partial charge on any atom is 0.255 e. The van der Waals surface area contributed by atoms with Gasteiger partial charge in [-0.1, -0.05) is 41.4 Å². The summed E-state index contributed by atoms with van der Waals surface area (Å²) in [6.07, 6.45) is 2.62. The molecule has 2 heterocycles. The molecule has 1 aliphatic heterocycles. The number of aromatic nitrogens is 1. The van der Waals surface area contributed by atoms with Gasteiger partial charge in [-0.15, -0.1) is 0 Å². The van der Waals surface area contributed by atoms with E-state index in [1.807, 2.05) is 29.2 Å². The summed E-state index contributed by atoms with van der Waals surface area (Å²) in [7, 11) is 0. The molecule has 0 unspecified atom stereocenters. The Morgan fingerprint density at radius 2 is 1.88 bits per heavy atom. The van der Waals surface area contributed by atoms with E-state index in [1.54, 1.807) is 18.3 Å². The van der Waals surface area contributed by atoms with Crippen molar-refractivity contribution in [3.05, 3.63) is 63.9 Å². The number of amides is 1. The molecule has 0 N–H and O–H groups in total. The van der Waals surface area contributed by atoms with Crippen LogP contribution in [0.4, 0.5) is 0 Å². The van der Waals surface area contributed by atoms with Gasteiger partial charge >= 0.3 is 0 Å². The molecule has 0 atom stereocenters. The van der Waals surface area contributed by atoms with E-state index in [0.717, 1.165) is 38.2 Å². The molecule has 0 saturated carbocycles. The summed E-state index contributed by atoms with van der Waals surface area (Å²) in [5.74, 6) is 0.00172. The summed E-state index contributed by atoms with van der Waals surface area (Å²) >= 11 is 12.3. The maximum absolute atomic E-state index is 12.7. The number of carbonyl (C=O) groups is 1. The fourth-order valence-electron chi connectivity index (χ4n) is 2.92. The van der Waals surface area contributed by atoms with Crippen molar-refractivity contribution in [2.24, 2.45) is 0 Å². The smallest absolute Gasteiger partial charge is 0.255 e. The van der Waals surface area contributed by atoms with E-state index in [0.29, 0.717) is 22.3 Å². The number of nitrogens with zero attached hydrogens (tertiary/aromatic N) is 3. The summed E-state index contributed by atoms with van der Waals surface area (Å²) in [6.45, 7) is 3.91. The summed E-state index contributed by atoms with van der Waals surface area (Å²) in [4.78, 5) is 21.0. The molecule has 2 aromatic rings. The van der Waals surface area contributed by atoms with Crippen LogP contribution in [0.1, 0.15) is 22.3 Å². The molecule has 4 nitrogen and oxygen atoms in total. The van der Waals surface area contributed by atoms with Gasteiger partial charge in [0.1, 0.15) is 5.15 Å². The van der Waals surface area contributed by atoms with Crippen LogP contribution in [0.25, 0.3) is 0 Å². The Labute approximate surface area is 152 Å². The minimum atomic E-state index is 0.00172. The Balaban J connectivity index is 1.64. The molecule has 1 aromatic carbocycles. The van der Waals surface area contributed by atoms with Crippen molar-refractivity contribution in [2.75, 3.05) is 26.2 Å². The lowest BCUT2D eigenvalue weighted by atomic mass is 10.2. The van der Waals surface area contributed by atoms with Crippen LogP contribution < -0.4 is 0 Å². The van der Waals surface area contributed by atoms with Crippen molar-refractivity contribution in [3.63, 3.8) is 0 Å². The predicted octanol–water partition coefficient (Wildman–Crippen LogP) is 3.74. The highest BCUT2D eigenvalue weighted by molar-refractivity contribution is 6.33. The lowest BCUT2D eigenvalue weighted by Crippen LogP contribution is -2.35. The molecule has 1 saturated heterocycles. The number of pyridine rings is 1. The first kappa shape index (κ1) is 17.2. The van der Waals surface area contributed by atoms with Crippen LogP contribution in [0.5, 0.6) is 0 Å². The van der Waals surface area contributed by atoms with Crippen molar-refractivity contribution in [1.29, 1.82) is 0 Å². The molecule has 126 valence electrons. The largest absolute Gasteiger partial charge is 0.337 e. The van der Waals surface area contributed by atoms with E-state index < -0.39 is 0 Å². The maximum atomic E-state index is 12.7. The normalized spacial score (nSPS) is 16.0. The van der Waals surface area contributed by atoms with E-state index >= 15 is 0 Å². The minimum absolute atomic E-state index is 0.00172. The van der Waals surface area contributed by atoms with Gasteiger partial charge in [-0.05, 0) is 24.6 Å². The molecule has 3 rings (SSSR count). The van der Waals surface area contributed by atoms with Crippen LogP contribution in [0, 0.1) is 0 Å². The third kappa shape index (κ3) is 4.07. The van der Waals surface area contributed by atoms with Gasteiger partial charge in [-0.2, -0.15) is 0 Å². The summed E-state index contributed by atoms with van der Waals surface area (Å²) in [6, 6.07) is 11.1. The van der Waals surface area contributed by atoms with Gasteiger partial charge in [-0.25, -0.2) is 4.98 Å². The standard InChI is InChI=1S/C18H19Cl2N3O/c19-16-7-2-1-6-15(16)18(24)23-10-4-9-22(11-12-23)13-14-5-3-8-21-17(14)20/h1-3,5-8H,4,9-13H2. The van der Waals surface area contributed by atoms with Crippen LogP contribution in [-0.4, -0.2) is 46.9 Å². The van der Waals surface area contributed by atoms with Crippen LogP contribution in [0.15, 0.2) is 42.6 Å². The highest BCUT2D eigenvalue weighted by Gasteiger charge is 2.22. The second-order valence-corrected chi connectivity index (χ2v) is 6.62. The lowest BCUT2D eigenvalue weighted by Gasteiger charge is -2.22. The van der Waals surface area contributed by atoms with Crippen molar-refractivity contribution in [2.45, 2.75) is 13.0 Å². The minimum Gasteiger partial charge on any atom is -0.337 e. The fraction of sp³-hybridized carbons (Fsp3) is 0.333. The molecular weight excluding hydrogens is 345 g/mol. The lowest BCUT2D eigenvalue weighted by molar-refractivity contribution is 0.0761. The topological polar surface area (TPSA) is 36.4 Å². The first-order valence-corrected chi connectivity index (χ1v) is 8.76. The molecule has 0 aliphatic carbocycles. The second-order valence-electron chi connectivity index (χ2n) is 5.86. The van der Waals surface area contributed by atoms with Gasteiger partial charge < -0.3 is 4.90 Å². The Hall–Kier alpha value is -1.62. The van der Waals surface area contributed by atoms with Gasteiger partial charge in [0.05, 0.1) is 10.6 Å². The van der Waals surface area contributed by atoms with Gasteiger partial charge in [0.2, 0.25) is 0 Å². The van der Waals surface area contributed by atoms with Crippen molar-refractivity contribution < 1.29 is 4.79 Å². The zero-order chi connectivity index (χ0) is 16.9. The molecule has 1 fully saturated rings. The number of hydrogen-bond donors (Lipinski definition) is 0. The Bertz CT molecular complexity index is 723. The van der Waals surface area contributed by atoms with Crippen molar-refractivity contribution in [1.82, 2.24) is 14.8 Å². The first-order chi connectivity index (χ1) is 11.6. The third-order valence-corrected chi connectivity index (χ3v) is 4.88. The summed E-state index contributed by atoms with van der Waals surface area (Å²) in [5.41, 5.74) is 1.59. The van der Waals surface area contributed by atoms with Crippen LogP contribution in [0.3, 0.4) is 0 Å². The van der Waals surface area contributed by atoms with Gasteiger partial charge in [-0.3, -0.25) is 9.69 Å². The van der Waals surface area contributed by atoms with E-state index in [-0.39, 0.29) is 5.91 Å². The van der Waals surface area contributed by atoms with E-state index in [9.17, 15) is 4.79 Å². The Morgan fingerprint density at radius 3 is 2.67 bits per heavy atom. The van der Waals surface area contributed by atoms with Gasteiger partial charge in [0.15, 0.2) is 0 Å². The van der Waals surface area contributed by atoms with Crippen LogP contribution >= 0.6 is 23.2 Å². The molecule has 1 aliphatic rings. The highest BCUT2D eigenvalue weighted by atomic mass is 35.5. The summed E-state index contributed by atoms with van der Waals surface area (Å²) < 4.78 is 0. The van der Waals surface area contributed by atoms with Crippen LogP contribution in [0.2, 0.25) is 10.2 Å². The third-order valence-electron chi connectivity index (χ3n) is 4.21.